The molecule has 5 nitrogen and oxygen atoms in total. The molecule has 3 aromatic rings. The minimum Gasteiger partial charge on any atom is -0.494 e. The molecule has 0 unspecified atom stereocenters. The van der Waals surface area contributed by atoms with Gasteiger partial charge in [0.2, 0.25) is 4.96 Å². The van der Waals surface area contributed by atoms with Crippen molar-refractivity contribution in [1.29, 1.82) is 0 Å². The molecule has 0 aliphatic carbocycles. The van der Waals surface area contributed by atoms with Gasteiger partial charge in [0.15, 0.2) is 0 Å². The first-order chi connectivity index (χ1) is 13.7. The molecule has 3 rings (SSSR count). The average Bonchev–Trinajstić information content (AvgIpc) is 3.26. The molecule has 1 aromatic carbocycles. The maximum absolute atomic E-state index is 5.97. The van der Waals surface area contributed by atoms with Gasteiger partial charge in [-0.05, 0) is 63.5 Å². The van der Waals surface area contributed by atoms with Crippen molar-refractivity contribution in [3.8, 4) is 17.0 Å². The van der Waals surface area contributed by atoms with E-state index in [0.717, 1.165) is 46.5 Å². The number of benzene rings is 1. The van der Waals surface area contributed by atoms with Crippen LogP contribution in [0, 0.1) is 6.92 Å². The Kier molecular flexibility index (Phi) is 7.86. The Morgan fingerprint density at radius 2 is 1.68 bits per heavy atom. The Morgan fingerprint density at radius 1 is 1.00 bits per heavy atom. The highest BCUT2D eigenvalue weighted by Gasteiger charge is 2.10. The van der Waals surface area contributed by atoms with Crippen molar-refractivity contribution >= 4 is 16.3 Å². The molecule has 0 bridgehead atoms. The van der Waals surface area contributed by atoms with Crippen molar-refractivity contribution in [2.45, 2.75) is 52.9 Å². The molecule has 0 aliphatic rings. The molecule has 0 saturated heterocycles. The Bertz CT molecular complexity index is 832. The van der Waals surface area contributed by atoms with Crippen LogP contribution < -0.4 is 4.74 Å². The number of nitrogens with zero attached hydrogens (tertiary/aromatic N) is 4. The summed E-state index contributed by atoms with van der Waals surface area (Å²) in [4.78, 5) is 7.96. The third-order valence-corrected chi connectivity index (χ3v) is 5.72. The Morgan fingerprint density at radius 3 is 2.36 bits per heavy atom. The van der Waals surface area contributed by atoms with Crippen molar-refractivity contribution in [3.05, 3.63) is 35.5 Å². The van der Waals surface area contributed by atoms with Gasteiger partial charge in [0.05, 0.1) is 18.5 Å². The van der Waals surface area contributed by atoms with Crippen LogP contribution in [0.2, 0.25) is 0 Å². The minimum atomic E-state index is 0.760. The van der Waals surface area contributed by atoms with Gasteiger partial charge in [0.1, 0.15) is 10.8 Å². The van der Waals surface area contributed by atoms with Crippen LogP contribution in [0.15, 0.2) is 30.5 Å². The van der Waals surface area contributed by atoms with Crippen LogP contribution in [-0.2, 0) is 0 Å². The zero-order valence-electron chi connectivity index (χ0n) is 17.4. The predicted molar refractivity (Wildman–Crippen MR) is 117 cm³/mol. The Labute approximate surface area is 172 Å². The summed E-state index contributed by atoms with van der Waals surface area (Å²) >= 11 is 1.61. The first kappa shape index (κ1) is 20.8. The summed E-state index contributed by atoms with van der Waals surface area (Å²) < 4.78 is 7.88. The summed E-state index contributed by atoms with van der Waals surface area (Å²) in [7, 11) is 0. The number of fused-ring (bicyclic) bond motifs is 1. The third kappa shape index (κ3) is 5.55. The first-order valence-electron chi connectivity index (χ1n) is 10.5. The Balaban J connectivity index is 1.49. The van der Waals surface area contributed by atoms with E-state index in [0.29, 0.717) is 0 Å². The van der Waals surface area contributed by atoms with Gasteiger partial charge < -0.3 is 9.64 Å². The number of rotatable bonds is 12. The molecule has 0 spiro atoms. The van der Waals surface area contributed by atoms with Crippen molar-refractivity contribution in [1.82, 2.24) is 19.5 Å². The van der Waals surface area contributed by atoms with E-state index in [1.165, 1.54) is 38.8 Å². The van der Waals surface area contributed by atoms with Gasteiger partial charge in [0.25, 0.3) is 0 Å². The molecule has 0 saturated carbocycles. The lowest BCUT2D eigenvalue weighted by Gasteiger charge is -2.21. The van der Waals surface area contributed by atoms with Crippen molar-refractivity contribution < 1.29 is 4.74 Å². The van der Waals surface area contributed by atoms with Crippen LogP contribution in [0.5, 0.6) is 5.75 Å². The van der Waals surface area contributed by atoms with Crippen LogP contribution in [0.25, 0.3) is 16.2 Å². The SMILES string of the molecule is CCCCN(CCCC)CCCOc1ccc(-c2cnc3sc(C)nn23)cc1. The maximum Gasteiger partial charge on any atom is 0.212 e. The van der Waals surface area contributed by atoms with Gasteiger partial charge in [-0.25, -0.2) is 9.50 Å². The van der Waals surface area contributed by atoms with Gasteiger partial charge in [-0.1, -0.05) is 38.0 Å². The van der Waals surface area contributed by atoms with Gasteiger partial charge in [-0.15, -0.1) is 0 Å². The molecule has 0 aliphatic heterocycles. The lowest BCUT2D eigenvalue weighted by atomic mass is 10.1. The third-order valence-electron chi connectivity index (χ3n) is 4.88. The fraction of sp³-hybridized carbons (Fsp3) is 0.545. The first-order valence-corrected chi connectivity index (χ1v) is 11.3. The number of hydrogen-bond donors (Lipinski definition) is 0. The standard InChI is InChI=1S/C22H32N4OS/c1-4-6-13-25(14-7-5-2)15-8-16-27-20-11-9-19(10-12-20)21-17-23-22-26(21)24-18(3)28-22/h9-12,17H,4-8,13-16H2,1-3H3. The zero-order chi connectivity index (χ0) is 19.8. The predicted octanol–water partition coefficient (Wildman–Crippen LogP) is 5.44. The second-order valence-electron chi connectivity index (χ2n) is 7.23. The van der Waals surface area contributed by atoms with E-state index in [9.17, 15) is 0 Å². The fourth-order valence-electron chi connectivity index (χ4n) is 3.28. The van der Waals surface area contributed by atoms with Crippen LogP contribution >= 0.6 is 11.3 Å². The fourth-order valence-corrected chi connectivity index (χ4v) is 4.00. The van der Waals surface area contributed by atoms with Gasteiger partial charge in [-0.2, -0.15) is 5.10 Å². The molecule has 28 heavy (non-hydrogen) atoms. The monoisotopic (exact) mass is 400 g/mol. The number of imidazole rings is 1. The Hall–Kier alpha value is -1.92. The van der Waals surface area contributed by atoms with E-state index >= 15 is 0 Å². The molecule has 0 radical (unpaired) electrons. The molecule has 152 valence electrons. The minimum absolute atomic E-state index is 0.760. The molecule has 2 heterocycles. The van der Waals surface area contributed by atoms with Crippen LogP contribution in [0.3, 0.4) is 0 Å². The maximum atomic E-state index is 5.97. The van der Waals surface area contributed by atoms with Gasteiger partial charge in [0, 0.05) is 12.1 Å². The lowest BCUT2D eigenvalue weighted by molar-refractivity contribution is 0.229. The molecular formula is C22H32N4OS. The number of ether oxygens (including phenoxy) is 1. The van der Waals surface area contributed by atoms with E-state index < -0.39 is 0 Å². The highest BCUT2D eigenvalue weighted by Crippen LogP contribution is 2.25. The summed E-state index contributed by atoms with van der Waals surface area (Å²) in [5.41, 5.74) is 2.13. The number of aryl methyl sites for hydroxylation is 1. The van der Waals surface area contributed by atoms with E-state index in [4.69, 9.17) is 4.74 Å². The largest absolute Gasteiger partial charge is 0.494 e. The number of hydrogen-bond acceptors (Lipinski definition) is 5. The second kappa shape index (κ2) is 10.6. The average molecular weight is 401 g/mol. The highest BCUT2D eigenvalue weighted by molar-refractivity contribution is 7.16. The van der Waals surface area contributed by atoms with E-state index in [2.05, 4.69) is 41.0 Å². The summed E-state index contributed by atoms with van der Waals surface area (Å²) in [5.74, 6) is 0.924. The summed E-state index contributed by atoms with van der Waals surface area (Å²) in [5, 5.41) is 5.55. The molecule has 0 amide bonds. The van der Waals surface area contributed by atoms with E-state index in [1.807, 2.05) is 29.8 Å². The van der Waals surface area contributed by atoms with Gasteiger partial charge >= 0.3 is 0 Å². The van der Waals surface area contributed by atoms with Crippen LogP contribution in [0.4, 0.5) is 0 Å². The quantitative estimate of drug-likeness (QED) is 0.380. The smallest absolute Gasteiger partial charge is 0.212 e. The van der Waals surface area contributed by atoms with Crippen molar-refractivity contribution in [2.24, 2.45) is 0 Å². The zero-order valence-corrected chi connectivity index (χ0v) is 18.2. The lowest BCUT2D eigenvalue weighted by Crippen LogP contribution is -2.28. The molecule has 6 heteroatoms. The normalized spacial score (nSPS) is 11.6. The highest BCUT2D eigenvalue weighted by atomic mass is 32.1. The molecule has 0 N–H and O–H groups in total. The second-order valence-corrected chi connectivity index (χ2v) is 8.39. The molecular weight excluding hydrogens is 368 g/mol. The van der Waals surface area contributed by atoms with Crippen molar-refractivity contribution in [2.75, 3.05) is 26.2 Å². The summed E-state index contributed by atoms with van der Waals surface area (Å²) in [6.07, 6.45) is 8.04. The molecule has 0 fully saturated rings. The van der Waals surface area contributed by atoms with E-state index in [-0.39, 0.29) is 0 Å². The molecule has 2 aromatic heterocycles. The van der Waals surface area contributed by atoms with Crippen LogP contribution in [-0.4, -0.2) is 45.7 Å². The summed E-state index contributed by atoms with van der Waals surface area (Å²) in [6, 6.07) is 8.25. The van der Waals surface area contributed by atoms with E-state index in [1.54, 1.807) is 11.3 Å². The number of unbranched alkanes of at least 4 members (excludes halogenated alkanes) is 2. The van der Waals surface area contributed by atoms with Crippen molar-refractivity contribution in [3.63, 3.8) is 0 Å². The summed E-state index contributed by atoms with van der Waals surface area (Å²) in [6.45, 7) is 10.8. The number of aromatic nitrogens is 3. The van der Waals surface area contributed by atoms with Crippen LogP contribution in [0.1, 0.15) is 51.0 Å². The topological polar surface area (TPSA) is 42.7 Å². The van der Waals surface area contributed by atoms with Gasteiger partial charge in [-0.3, -0.25) is 0 Å². The molecule has 0 atom stereocenters.